The molecule has 0 aromatic heterocycles. The zero-order valence-electron chi connectivity index (χ0n) is 10.8. The van der Waals surface area contributed by atoms with E-state index in [1.165, 1.54) is 0 Å². The fraction of sp³-hybridized carbons (Fsp3) is 0.462. The van der Waals surface area contributed by atoms with Gasteiger partial charge in [0, 0.05) is 16.6 Å². The molecule has 1 unspecified atom stereocenters. The van der Waals surface area contributed by atoms with Crippen LogP contribution in [0.3, 0.4) is 0 Å². The van der Waals surface area contributed by atoms with Gasteiger partial charge in [-0.05, 0) is 43.5 Å². The molecule has 0 spiro atoms. The van der Waals surface area contributed by atoms with Crippen LogP contribution in [0.5, 0.6) is 0 Å². The molecule has 1 aliphatic heterocycles. The molecule has 0 fully saturated rings. The van der Waals surface area contributed by atoms with Crippen LogP contribution in [0.15, 0.2) is 12.1 Å². The summed E-state index contributed by atoms with van der Waals surface area (Å²) >= 11 is 12.2. The lowest BCUT2D eigenvalue weighted by atomic mass is 9.93. The minimum atomic E-state index is -0.486. The molecule has 19 heavy (non-hydrogen) atoms. The van der Waals surface area contributed by atoms with Crippen LogP contribution in [-0.2, 0) is 11.2 Å². The molecule has 0 saturated carbocycles. The molecule has 3 nitrogen and oxygen atoms in total. The maximum Gasteiger partial charge on any atom is 0.239 e. The molecular weight excluding hydrogens is 307 g/mol. The van der Waals surface area contributed by atoms with Gasteiger partial charge in [0.05, 0.1) is 12.1 Å². The summed E-state index contributed by atoms with van der Waals surface area (Å²) in [5.41, 5.74) is 7.77. The number of nitrogens with zero attached hydrogens (tertiary/aromatic N) is 1. The molecule has 0 bridgehead atoms. The first kappa shape index (κ1) is 16.6. The molecule has 2 atom stereocenters. The monoisotopic (exact) mass is 322 g/mol. The Morgan fingerprint density at radius 3 is 2.68 bits per heavy atom. The maximum absolute atomic E-state index is 12.0. The fourth-order valence-corrected chi connectivity index (χ4v) is 3.16. The summed E-state index contributed by atoms with van der Waals surface area (Å²) in [6.07, 6.45) is 0.762. The van der Waals surface area contributed by atoms with E-state index in [4.69, 9.17) is 28.9 Å². The predicted molar refractivity (Wildman–Crippen MR) is 81.2 cm³/mol. The molecule has 0 saturated heterocycles. The average molecular weight is 324 g/mol. The van der Waals surface area contributed by atoms with Crippen molar-refractivity contribution in [3.63, 3.8) is 0 Å². The summed E-state index contributed by atoms with van der Waals surface area (Å²) in [6, 6.07) is 3.10. The van der Waals surface area contributed by atoms with E-state index in [0.29, 0.717) is 16.6 Å². The quantitative estimate of drug-likeness (QED) is 0.862. The van der Waals surface area contributed by atoms with Gasteiger partial charge in [0.25, 0.3) is 0 Å². The number of hydrogen-bond acceptors (Lipinski definition) is 2. The first-order valence-electron chi connectivity index (χ1n) is 5.95. The molecule has 106 valence electrons. The Morgan fingerprint density at radius 2 is 2.11 bits per heavy atom. The van der Waals surface area contributed by atoms with E-state index in [2.05, 4.69) is 0 Å². The molecule has 1 aromatic rings. The molecule has 1 aromatic carbocycles. The lowest BCUT2D eigenvalue weighted by Gasteiger charge is -2.37. The number of carbonyl (C=O) groups is 1. The van der Waals surface area contributed by atoms with Crippen LogP contribution in [-0.4, -0.2) is 23.4 Å². The summed E-state index contributed by atoms with van der Waals surface area (Å²) in [7, 11) is 0. The molecule has 0 radical (unpaired) electrons. The van der Waals surface area contributed by atoms with Gasteiger partial charge in [-0.2, -0.15) is 0 Å². The highest BCUT2D eigenvalue weighted by atomic mass is 35.5. The fourth-order valence-electron chi connectivity index (χ4n) is 2.47. The highest BCUT2D eigenvalue weighted by Gasteiger charge is 2.30. The minimum Gasteiger partial charge on any atom is -0.334 e. The van der Waals surface area contributed by atoms with E-state index in [-0.39, 0.29) is 24.4 Å². The van der Waals surface area contributed by atoms with Crippen molar-refractivity contribution in [3.05, 3.63) is 33.3 Å². The summed E-state index contributed by atoms with van der Waals surface area (Å²) in [6.45, 7) is 4.33. The van der Waals surface area contributed by atoms with Crippen LogP contribution >= 0.6 is 35.6 Å². The summed E-state index contributed by atoms with van der Waals surface area (Å²) in [5, 5.41) is 1.25. The van der Waals surface area contributed by atoms with E-state index >= 15 is 0 Å². The van der Waals surface area contributed by atoms with Crippen LogP contribution < -0.4 is 5.73 Å². The molecule has 2 N–H and O–H groups in total. The topological polar surface area (TPSA) is 46.3 Å². The van der Waals surface area contributed by atoms with Gasteiger partial charge in [0.2, 0.25) is 5.91 Å². The number of nitrogens with two attached hydrogens (primary N) is 1. The van der Waals surface area contributed by atoms with Gasteiger partial charge in [0.15, 0.2) is 0 Å². The van der Waals surface area contributed by atoms with Crippen LogP contribution in [0.4, 0.5) is 0 Å². The average Bonchev–Trinajstić information content (AvgIpc) is 2.27. The molecule has 1 amide bonds. The Hall–Kier alpha value is -0.480. The maximum atomic E-state index is 12.0. The van der Waals surface area contributed by atoms with Crippen LogP contribution in [0.25, 0.3) is 0 Å². The Labute approximate surface area is 129 Å². The Morgan fingerprint density at radius 1 is 1.47 bits per heavy atom. The number of carbonyl (C=O) groups excluding carboxylic acids is 1. The summed E-state index contributed by atoms with van der Waals surface area (Å²) < 4.78 is 0. The van der Waals surface area contributed by atoms with Gasteiger partial charge < -0.3 is 10.6 Å². The normalized spacial score (nSPS) is 19.4. The van der Waals surface area contributed by atoms with Gasteiger partial charge in [-0.25, -0.2) is 0 Å². The lowest BCUT2D eigenvalue weighted by Crippen LogP contribution is -2.46. The number of hydrogen-bond donors (Lipinski definition) is 1. The molecule has 0 aliphatic carbocycles. The van der Waals surface area contributed by atoms with E-state index in [0.717, 1.165) is 17.5 Å². The van der Waals surface area contributed by atoms with Gasteiger partial charge in [0.1, 0.15) is 0 Å². The molecule has 6 heteroatoms. The Kier molecular flexibility index (Phi) is 5.51. The minimum absolute atomic E-state index is 0. The molecule has 2 rings (SSSR count). The highest BCUT2D eigenvalue weighted by molar-refractivity contribution is 6.35. The van der Waals surface area contributed by atoms with Crippen molar-refractivity contribution in [2.75, 3.05) is 6.54 Å². The van der Waals surface area contributed by atoms with E-state index in [1.807, 2.05) is 13.0 Å². The summed E-state index contributed by atoms with van der Waals surface area (Å²) in [5.74, 6) is -0.0424. The van der Waals surface area contributed by atoms with Crippen LogP contribution in [0, 0.1) is 0 Å². The smallest absolute Gasteiger partial charge is 0.239 e. The zero-order valence-corrected chi connectivity index (χ0v) is 13.1. The third kappa shape index (κ3) is 3.16. The third-order valence-electron chi connectivity index (χ3n) is 3.36. The molecule has 1 aliphatic rings. The van der Waals surface area contributed by atoms with Crippen molar-refractivity contribution in [2.24, 2.45) is 5.73 Å². The van der Waals surface area contributed by atoms with Gasteiger partial charge in [-0.1, -0.05) is 23.2 Å². The van der Waals surface area contributed by atoms with Gasteiger partial charge >= 0.3 is 0 Å². The van der Waals surface area contributed by atoms with Crippen molar-refractivity contribution < 1.29 is 4.79 Å². The lowest BCUT2D eigenvalue weighted by molar-refractivity contribution is -0.134. The Balaban J connectivity index is 0.00000180. The van der Waals surface area contributed by atoms with Crippen molar-refractivity contribution in [2.45, 2.75) is 32.4 Å². The zero-order chi connectivity index (χ0) is 13.4. The van der Waals surface area contributed by atoms with Crippen molar-refractivity contribution in [1.29, 1.82) is 0 Å². The van der Waals surface area contributed by atoms with Gasteiger partial charge in [-0.3, -0.25) is 4.79 Å². The Bertz CT molecular complexity index is 491. The van der Waals surface area contributed by atoms with Crippen molar-refractivity contribution >= 4 is 41.5 Å². The first-order valence-corrected chi connectivity index (χ1v) is 6.71. The van der Waals surface area contributed by atoms with Crippen molar-refractivity contribution in [1.82, 2.24) is 4.90 Å². The standard InChI is InChI=1S/C13H16Cl2N2O.ClH/c1-7(16)13(18)17-4-3-9-5-10(14)6-11(15)12(9)8(17)2;/h5-8H,3-4,16H2,1-2H3;1H/t7-,8?;/m1./s1. The second kappa shape index (κ2) is 6.31. The second-order valence-electron chi connectivity index (χ2n) is 4.71. The molecule has 1 heterocycles. The van der Waals surface area contributed by atoms with Crippen LogP contribution in [0.2, 0.25) is 10.0 Å². The second-order valence-corrected chi connectivity index (χ2v) is 5.55. The highest BCUT2D eigenvalue weighted by Crippen LogP contribution is 2.36. The van der Waals surface area contributed by atoms with E-state index in [9.17, 15) is 4.79 Å². The van der Waals surface area contributed by atoms with Gasteiger partial charge in [-0.15, -0.1) is 12.4 Å². The largest absolute Gasteiger partial charge is 0.334 e. The third-order valence-corrected chi connectivity index (χ3v) is 3.89. The van der Waals surface area contributed by atoms with E-state index < -0.39 is 6.04 Å². The number of rotatable bonds is 1. The van der Waals surface area contributed by atoms with E-state index in [1.54, 1.807) is 17.9 Å². The van der Waals surface area contributed by atoms with Crippen molar-refractivity contribution in [3.8, 4) is 0 Å². The summed E-state index contributed by atoms with van der Waals surface area (Å²) in [4.78, 5) is 13.8. The number of amides is 1. The number of fused-ring (bicyclic) bond motifs is 1. The number of halogens is 3. The number of benzene rings is 1. The SMILES string of the molecule is CC1c2c(Cl)cc(Cl)cc2CCN1C(=O)[C@@H](C)N.Cl. The predicted octanol–water partition coefficient (Wildman–Crippen LogP) is 3.21. The molecular formula is C13H17Cl3N2O. The first-order chi connectivity index (χ1) is 8.41. The van der Waals surface area contributed by atoms with Crippen LogP contribution in [0.1, 0.15) is 31.0 Å².